The van der Waals surface area contributed by atoms with E-state index in [4.69, 9.17) is 23.2 Å². The van der Waals surface area contributed by atoms with Crippen molar-refractivity contribution in [1.29, 1.82) is 0 Å². The fourth-order valence-electron chi connectivity index (χ4n) is 3.83. The number of nitrogens with one attached hydrogen (secondary N) is 1. The SMILES string of the molecule is O=C(NC(=C(Cl)Cl)[P+](c1ccccc1)(c1ccccc1)c1ccccc1)c1ccc(F)cc1. The first kappa shape index (κ1) is 23.2. The Morgan fingerprint density at radius 3 is 1.39 bits per heavy atom. The lowest BCUT2D eigenvalue weighted by Gasteiger charge is -2.29. The molecule has 4 aromatic rings. The third kappa shape index (κ3) is 4.72. The number of hydrogen-bond donors (Lipinski definition) is 1. The van der Waals surface area contributed by atoms with Gasteiger partial charge in [-0.25, -0.2) is 4.39 Å². The lowest BCUT2D eigenvalue weighted by atomic mass is 10.2. The van der Waals surface area contributed by atoms with Crippen molar-refractivity contribution in [2.45, 2.75) is 0 Å². The highest BCUT2D eigenvalue weighted by Crippen LogP contribution is 2.63. The Morgan fingerprint density at radius 2 is 1.03 bits per heavy atom. The van der Waals surface area contributed by atoms with E-state index in [0.717, 1.165) is 15.9 Å². The van der Waals surface area contributed by atoms with E-state index in [1.165, 1.54) is 24.3 Å². The molecule has 0 saturated carbocycles. The van der Waals surface area contributed by atoms with Crippen LogP contribution in [-0.4, -0.2) is 5.91 Å². The number of benzene rings is 4. The number of hydrogen-bond acceptors (Lipinski definition) is 1. The lowest BCUT2D eigenvalue weighted by molar-refractivity contribution is 0.0968. The minimum absolute atomic E-state index is 0.0321. The maximum atomic E-state index is 13.4. The maximum Gasteiger partial charge on any atom is 0.258 e. The van der Waals surface area contributed by atoms with E-state index in [1.807, 2.05) is 91.0 Å². The summed E-state index contributed by atoms with van der Waals surface area (Å²) in [6.45, 7) is 0. The highest BCUT2D eigenvalue weighted by molar-refractivity contribution is 7.99. The molecule has 0 spiro atoms. The van der Waals surface area contributed by atoms with Crippen molar-refractivity contribution in [3.8, 4) is 0 Å². The third-order valence-electron chi connectivity index (χ3n) is 5.28. The first-order chi connectivity index (χ1) is 16.0. The molecule has 0 radical (unpaired) electrons. The summed E-state index contributed by atoms with van der Waals surface area (Å²) in [7, 11) is -2.69. The van der Waals surface area contributed by atoms with E-state index >= 15 is 0 Å². The van der Waals surface area contributed by atoms with Crippen LogP contribution in [0.25, 0.3) is 0 Å². The van der Waals surface area contributed by atoms with Gasteiger partial charge in [0.25, 0.3) is 5.91 Å². The van der Waals surface area contributed by atoms with Gasteiger partial charge in [0.2, 0.25) is 5.44 Å². The van der Waals surface area contributed by atoms with Crippen molar-refractivity contribution in [3.05, 3.63) is 137 Å². The van der Waals surface area contributed by atoms with E-state index in [-0.39, 0.29) is 4.49 Å². The van der Waals surface area contributed by atoms with Gasteiger partial charge in [0.1, 0.15) is 21.7 Å². The molecule has 0 unspecified atom stereocenters. The minimum atomic E-state index is -2.69. The van der Waals surface area contributed by atoms with Crippen LogP contribution in [0.4, 0.5) is 4.39 Å². The standard InChI is InChI=1S/C27H19Cl2FNOP/c28-25(29)27(31-26(32)20-16-18-21(30)19-17-20)33(22-10-4-1-5-11-22,23-12-6-2-7-13-23)24-14-8-3-9-15-24/h1-19H/p+1. The smallest absolute Gasteiger partial charge is 0.258 e. The Bertz CT molecular complexity index is 1160. The second-order valence-electron chi connectivity index (χ2n) is 7.25. The molecule has 0 aliphatic rings. The first-order valence-corrected chi connectivity index (χ1v) is 12.8. The van der Waals surface area contributed by atoms with E-state index in [0.29, 0.717) is 11.0 Å². The Kier molecular flexibility index (Phi) is 7.25. The van der Waals surface area contributed by atoms with Gasteiger partial charge in [-0.1, -0.05) is 77.8 Å². The van der Waals surface area contributed by atoms with Gasteiger partial charge in [-0.05, 0) is 60.7 Å². The molecule has 0 aromatic heterocycles. The summed E-state index contributed by atoms with van der Waals surface area (Å²) in [5.74, 6) is -0.839. The van der Waals surface area contributed by atoms with Gasteiger partial charge in [0, 0.05) is 5.56 Å². The zero-order valence-electron chi connectivity index (χ0n) is 17.5. The third-order valence-corrected chi connectivity index (χ3v) is 10.1. The Labute approximate surface area is 203 Å². The normalized spacial score (nSPS) is 11.0. The lowest BCUT2D eigenvalue weighted by Crippen LogP contribution is -2.38. The minimum Gasteiger partial charge on any atom is -0.290 e. The Balaban J connectivity index is 1.99. The van der Waals surface area contributed by atoms with E-state index in [9.17, 15) is 9.18 Å². The fraction of sp³-hybridized carbons (Fsp3) is 0. The molecule has 0 aliphatic heterocycles. The van der Waals surface area contributed by atoms with Gasteiger partial charge in [0.05, 0.1) is 0 Å². The molecule has 0 saturated heterocycles. The topological polar surface area (TPSA) is 29.1 Å². The first-order valence-electron chi connectivity index (χ1n) is 10.2. The summed E-state index contributed by atoms with van der Waals surface area (Å²) < 4.78 is 13.4. The molecule has 6 heteroatoms. The van der Waals surface area contributed by atoms with Gasteiger partial charge in [-0.15, -0.1) is 0 Å². The summed E-state index contributed by atoms with van der Waals surface area (Å²) in [6.07, 6.45) is 0. The van der Waals surface area contributed by atoms with Crippen LogP contribution >= 0.6 is 30.5 Å². The van der Waals surface area contributed by atoms with Crippen molar-refractivity contribution >= 4 is 52.3 Å². The summed E-state index contributed by atoms with van der Waals surface area (Å²) in [6, 6.07) is 35.0. The van der Waals surface area contributed by atoms with E-state index in [1.54, 1.807) is 0 Å². The summed E-state index contributed by atoms with van der Waals surface area (Å²) >= 11 is 13.1. The number of carbonyl (C=O) groups is 1. The zero-order valence-corrected chi connectivity index (χ0v) is 19.9. The molecule has 0 atom stereocenters. The number of rotatable bonds is 6. The quantitative estimate of drug-likeness (QED) is 0.320. The predicted octanol–water partition coefficient (Wildman–Crippen LogP) is 6.15. The van der Waals surface area contributed by atoms with Gasteiger partial charge >= 0.3 is 0 Å². The Morgan fingerprint density at radius 1 is 0.636 bits per heavy atom. The van der Waals surface area contributed by atoms with Crippen molar-refractivity contribution in [2.24, 2.45) is 0 Å². The molecule has 1 amide bonds. The average molecular weight is 495 g/mol. The molecule has 1 N–H and O–H groups in total. The van der Waals surface area contributed by atoms with Crippen molar-refractivity contribution in [3.63, 3.8) is 0 Å². The van der Waals surface area contributed by atoms with Crippen molar-refractivity contribution in [1.82, 2.24) is 5.32 Å². The molecule has 4 rings (SSSR count). The molecule has 0 bridgehead atoms. The largest absolute Gasteiger partial charge is 0.290 e. The summed E-state index contributed by atoms with van der Waals surface area (Å²) in [5, 5.41) is 5.94. The van der Waals surface area contributed by atoms with Gasteiger partial charge in [-0.2, -0.15) is 0 Å². The van der Waals surface area contributed by atoms with Crippen LogP contribution in [0.1, 0.15) is 10.4 Å². The average Bonchev–Trinajstić information content (AvgIpc) is 2.86. The highest BCUT2D eigenvalue weighted by Gasteiger charge is 2.52. The van der Waals surface area contributed by atoms with Gasteiger partial charge in [0.15, 0.2) is 11.8 Å². The molecule has 0 heterocycles. The van der Waals surface area contributed by atoms with Crippen LogP contribution in [0.5, 0.6) is 0 Å². The van der Waals surface area contributed by atoms with Crippen molar-refractivity contribution in [2.75, 3.05) is 0 Å². The summed E-state index contributed by atoms with van der Waals surface area (Å²) in [5.41, 5.74) is 0.722. The molecular formula is C27H20Cl2FNOP+. The van der Waals surface area contributed by atoms with Gasteiger partial charge in [-0.3, -0.25) is 10.1 Å². The van der Waals surface area contributed by atoms with E-state index in [2.05, 4.69) is 5.32 Å². The van der Waals surface area contributed by atoms with E-state index < -0.39 is 19.0 Å². The predicted molar refractivity (Wildman–Crippen MR) is 138 cm³/mol. The molecule has 0 fully saturated rings. The molecule has 4 aromatic carbocycles. The van der Waals surface area contributed by atoms with Crippen molar-refractivity contribution < 1.29 is 9.18 Å². The molecule has 2 nitrogen and oxygen atoms in total. The number of amides is 1. The molecule has 33 heavy (non-hydrogen) atoms. The zero-order chi connectivity index (χ0) is 23.3. The van der Waals surface area contributed by atoms with Crippen LogP contribution in [0.2, 0.25) is 0 Å². The fourth-order valence-corrected chi connectivity index (χ4v) is 8.73. The maximum absolute atomic E-state index is 13.4. The number of carbonyl (C=O) groups excluding carboxylic acids is 1. The van der Waals surface area contributed by atoms with Crippen LogP contribution in [-0.2, 0) is 0 Å². The molecule has 164 valence electrons. The van der Waals surface area contributed by atoms with Crippen LogP contribution < -0.4 is 21.2 Å². The molecular weight excluding hydrogens is 475 g/mol. The van der Waals surface area contributed by atoms with Crippen LogP contribution in [0.15, 0.2) is 125 Å². The summed E-state index contributed by atoms with van der Waals surface area (Å²) in [4.78, 5) is 13.2. The highest BCUT2D eigenvalue weighted by atomic mass is 35.5. The van der Waals surface area contributed by atoms with Crippen LogP contribution in [0.3, 0.4) is 0 Å². The second kappa shape index (κ2) is 10.3. The molecule has 0 aliphatic carbocycles. The Hall–Kier alpha value is -2.97. The van der Waals surface area contributed by atoms with Crippen LogP contribution in [0, 0.1) is 5.82 Å². The monoisotopic (exact) mass is 494 g/mol. The number of halogens is 3. The second-order valence-corrected chi connectivity index (χ2v) is 11.5. The van der Waals surface area contributed by atoms with Gasteiger partial charge < -0.3 is 0 Å².